The first-order chi connectivity index (χ1) is 4.58. The molecular weight excluding hydrogens is 149 g/mol. The van der Waals surface area contributed by atoms with E-state index in [1.54, 1.807) is 6.08 Å². The first kappa shape index (κ1) is 7.86. The van der Waals surface area contributed by atoms with Crippen LogP contribution in [0.15, 0.2) is 12.7 Å². The fourth-order valence-electron chi connectivity index (χ4n) is 1.10. The van der Waals surface area contributed by atoms with Crippen molar-refractivity contribution in [2.45, 2.75) is 12.0 Å². The lowest BCUT2D eigenvalue weighted by molar-refractivity contribution is 0.494. The van der Waals surface area contributed by atoms with Gasteiger partial charge in [0.05, 0.1) is 5.54 Å². The molecule has 3 nitrogen and oxygen atoms in total. The third-order valence-electron chi connectivity index (χ3n) is 1.89. The summed E-state index contributed by atoms with van der Waals surface area (Å²) >= 11 is 0. The van der Waals surface area contributed by atoms with Crippen molar-refractivity contribution in [3.8, 4) is 0 Å². The second kappa shape index (κ2) is 2.42. The molecule has 3 atom stereocenters. The molecule has 0 aliphatic heterocycles. The lowest BCUT2D eigenvalue weighted by Gasteiger charge is -1.97. The van der Waals surface area contributed by atoms with Gasteiger partial charge < -0.3 is 5.73 Å². The Balaban J connectivity index is 2.43. The molecule has 0 radical (unpaired) electrons. The molecule has 1 aliphatic rings. The summed E-state index contributed by atoms with van der Waals surface area (Å²) in [4.78, 5) is 8.54. The van der Waals surface area contributed by atoms with Gasteiger partial charge in [0.2, 0.25) is 0 Å². The summed E-state index contributed by atoms with van der Waals surface area (Å²) in [7, 11) is -2.08. The lowest BCUT2D eigenvalue weighted by Crippen LogP contribution is -2.27. The van der Waals surface area contributed by atoms with Crippen molar-refractivity contribution in [1.82, 2.24) is 0 Å². The minimum atomic E-state index is -2.08. The van der Waals surface area contributed by atoms with E-state index in [4.69, 9.17) is 10.6 Å². The van der Waals surface area contributed by atoms with Crippen LogP contribution < -0.4 is 5.73 Å². The third-order valence-corrected chi connectivity index (χ3v) is 2.75. The molecule has 4 heteroatoms. The van der Waals surface area contributed by atoms with E-state index >= 15 is 0 Å². The van der Waals surface area contributed by atoms with Crippen LogP contribution in [-0.4, -0.2) is 16.6 Å². The molecule has 56 valence electrons. The van der Waals surface area contributed by atoms with Gasteiger partial charge in [-0.25, -0.2) is 0 Å². The highest BCUT2D eigenvalue weighted by Gasteiger charge is 2.54. The van der Waals surface area contributed by atoms with Crippen LogP contribution in [0.4, 0.5) is 0 Å². The second-order valence-electron chi connectivity index (χ2n) is 2.79. The summed E-state index contributed by atoms with van der Waals surface area (Å²) < 4.78 is 10.4. The van der Waals surface area contributed by atoms with E-state index in [0.29, 0.717) is 0 Å². The molecule has 0 saturated heterocycles. The average Bonchev–Trinajstić information content (AvgIpc) is 2.39. The normalized spacial score (nSPS) is 39.0. The molecule has 0 heterocycles. The largest absolute Gasteiger partial charge is 0.507 e. The SMILES string of the molecule is C=CC1CC1(N)C[P+](=O)O. The monoisotopic (exact) mass is 160 g/mol. The van der Waals surface area contributed by atoms with Gasteiger partial charge in [-0.3, -0.25) is 0 Å². The van der Waals surface area contributed by atoms with E-state index in [-0.39, 0.29) is 12.1 Å². The molecule has 3 unspecified atom stereocenters. The van der Waals surface area contributed by atoms with E-state index in [9.17, 15) is 4.57 Å². The van der Waals surface area contributed by atoms with Crippen LogP contribution >= 0.6 is 8.03 Å². The van der Waals surface area contributed by atoms with Gasteiger partial charge in [0.25, 0.3) is 0 Å². The van der Waals surface area contributed by atoms with Gasteiger partial charge in [-0.2, -0.15) is 4.89 Å². The molecule has 3 N–H and O–H groups in total. The van der Waals surface area contributed by atoms with Crippen LogP contribution in [-0.2, 0) is 4.57 Å². The highest BCUT2D eigenvalue weighted by Crippen LogP contribution is 2.45. The molecule has 1 aliphatic carbocycles. The van der Waals surface area contributed by atoms with Crippen molar-refractivity contribution >= 4 is 8.03 Å². The lowest BCUT2D eigenvalue weighted by atomic mass is 10.2. The number of hydrogen-bond acceptors (Lipinski definition) is 2. The van der Waals surface area contributed by atoms with Crippen LogP contribution in [0.3, 0.4) is 0 Å². The fraction of sp³-hybridized carbons (Fsp3) is 0.667. The summed E-state index contributed by atoms with van der Waals surface area (Å²) in [5.74, 6) is 0.249. The summed E-state index contributed by atoms with van der Waals surface area (Å²) in [6.07, 6.45) is 2.76. The van der Waals surface area contributed by atoms with Crippen molar-refractivity contribution in [2.24, 2.45) is 11.7 Å². The Hall–Kier alpha value is -0.240. The molecule has 0 spiro atoms. The minimum absolute atomic E-state index is 0.207. The predicted octanol–water partition coefficient (Wildman–Crippen LogP) is 0.625. The third kappa shape index (κ3) is 1.43. The smallest absolute Gasteiger partial charge is 0.321 e. The van der Waals surface area contributed by atoms with E-state index in [1.165, 1.54) is 0 Å². The zero-order valence-electron chi connectivity index (χ0n) is 5.66. The highest BCUT2D eigenvalue weighted by molar-refractivity contribution is 7.38. The van der Waals surface area contributed by atoms with Gasteiger partial charge in [0, 0.05) is 5.92 Å². The van der Waals surface area contributed by atoms with Crippen molar-refractivity contribution in [2.75, 3.05) is 6.16 Å². The zero-order chi connectivity index (χ0) is 7.78. The summed E-state index contributed by atoms with van der Waals surface area (Å²) in [6, 6.07) is 0. The van der Waals surface area contributed by atoms with Crippen LogP contribution in [0.1, 0.15) is 6.42 Å². The highest BCUT2D eigenvalue weighted by atomic mass is 31.1. The Kier molecular flexibility index (Phi) is 1.90. The summed E-state index contributed by atoms with van der Waals surface area (Å²) in [5, 5.41) is 0. The van der Waals surface area contributed by atoms with E-state index in [0.717, 1.165) is 6.42 Å². The number of nitrogens with two attached hydrogens (primary N) is 1. The van der Waals surface area contributed by atoms with Crippen LogP contribution in [0, 0.1) is 5.92 Å². The Morgan fingerprint density at radius 2 is 2.60 bits per heavy atom. The van der Waals surface area contributed by atoms with Crippen LogP contribution in [0.2, 0.25) is 0 Å². The molecule has 0 aromatic carbocycles. The van der Waals surface area contributed by atoms with Crippen molar-refractivity contribution < 1.29 is 9.46 Å². The van der Waals surface area contributed by atoms with Gasteiger partial charge in [-0.15, -0.1) is 6.58 Å². The molecule has 1 fully saturated rings. The maximum absolute atomic E-state index is 10.4. The molecule has 10 heavy (non-hydrogen) atoms. The Labute approximate surface area is 60.8 Å². The van der Waals surface area contributed by atoms with Crippen LogP contribution in [0.5, 0.6) is 0 Å². The minimum Gasteiger partial charge on any atom is -0.321 e. The van der Waals surface area contributed by atoms with Crippen molar-refractivity contribution in [1.29, 1.82) is 0 Å². The van der Waals surface area contributed by atoms with Crippen molar-refractivity contribution in [3.05, 3.63) is 12.7 Å². The predicted molar refractivity (Wildman–Crippen MR) is 39.9 cm³/mol. The number of rotatable bonds is 3. The zero-order valence-corrected chi connectivity index (χ0v) is 6.55. The fourth-order valence-corrected chi connectivity index (χ4v) is 1.97. The molecule has 1 rings (SSSR count). The Morgan fingerprint density at radius 1 is 2.00 bits per heavy atom. The average molecular weight is 160 g/mol. The summed E-state index contributed by atoms with van der Waals surface area (Å²) in [6.45, 7) is 3.57. The van der Waals surface area contributed by atoms with Gasteiger partial charge >= 0.3 is 8.03 Å². The maximum atomic E-state index is 10.4. The summed E-state index contributed by atoms with van der Waals surface area (Å²) in [5.41, 5.74) is 5.27. The molecule has 0 aromatic rings. The van der Waals surface area contributed by atoms with E-state index in [1.807, 2.05) is 0 Å². The maximum Gasteiger partial charge on any atom is 0.507 e. The Bertz CT molecular complexity index is 183. The topological polar surface area (TPSA) is 63.3 Å². The van der Waals surface area contributed by atoms with Gasteiger partial charge in [-0.05, 0) is 11.0 Å². The molecular formula is C6H11NO2P+. The van der Waals surface area contributed by atoms with Gasteiger partial charge in [0.15, 0.2) is 6.16 Å². The second-order valence-corrected chi connectivity index (χ2v) is 3.81. The first-order valence-electron chi connectivity index (χ1n) is 3.13. The van der Waals surface area contributed by atoms with Gasteiger partial charge in [0.1, 0.15) is 0 Å². The quantitative estimate of drug-likeness (QED) is 0.470. The molecule has 0 bridgehead atoms. The molecule has 1 saturated carbocycles. The van der Waals surface area contributed by atoms with Crippen LogP contribution in [0.25, 0.3) is 0 Å². The number of hydrogen-bond donors (Lipinski definition) is 2. The Morgan fingerprint density at radius 3 is 2.90 bits per heavy atom. The van der Waals surface area contributed by atoms with Crippen molar-refractivity contribution in [3.63, 3.8) is 0 Å². The van der Waals surface area contributed by atoms with Gasteiger partial charge in [-0.1, -0.05) is 6.08 Å². The standard InChI is InChI=1S/C6H10NO2P/c1-2-5-3-6(5,7)4-10(8)9/h2,5H,1,3-4,7H2/p+1. The first-order valence-corrected chi connectivity index (χ1v) is 4.53. The molecule has 0 aromatic heterocycles. The van der Waals surface area contributed by atoms with E-state index in [2.05, 4.69) is 6.58 Å². The van der Waals surface area contributed by atoms with E-state index < -0.39 is 13.6 Å². The molecule has 0 amide bonds.